The van der Waals surface area contributed by atoms with Gasteiger partial charge in [-0.15, -0.1) is 11.8 Å². The Hall–Kier alpha value is -0.920. The molecule has 0 atom stereocenters. The quantitative estimate of drug-likeness (QED) is 0.574. The van der Waals surface area contributed by atoms with E-state index in [-0.39, 0.29) is 5.15 Å². The number of nitrogens with two attached hydrogens (primary N) is 1. The zero-order chi connectivity index (χ0) is 10.0. The van der Waals surface area contributed by atoms with Crippen LogP contribution in [0.25, 0.3) is 0 Å². The third kappa shape index (κ3) is 1.71. The van der Waals surface area contributed by atoms with Gasteiger partial charge in [0.1, 0.15) is 17.0 Å². The lowest BCUT2D eigenvalue weighted by atomic mass is 10.2. The van der Waals surface area contributed by atoms with Gasteiger partial charge in [0.2, 0.25) is 0 Å². The molecule has 0 bridgehead atoms. The summed E-state index contributed by atoms with van der Waals surface area (Å²) in [5.74, 6) is 0.383. The standard InChI is InChI=1S/C8H8ClN3S/c1-4-5(3-10)7(9)12-8(11)6(4)13-2/h1-2H3,(H2,11,12). The first-order valence-electron chi connectivity index (χ1n) is 3.51. The predicted molar refractivity (Wildman–Crippen MR) is 54.9 cm³/mol. The molecule has 0 saturated carbocycles. The van der Waals surface area contributed by atoms with Gasteiger partial charge in [-0.3, -0.25) is 0 Å². The van der Waals surface area contributed by atoms with Crippen LogP contribution >= 0.6 is 23.4 Å². The lowest BCUT2D eigenvalue weighted by Gasteiger charge is -2.07. The average Bonchev–Trinajstić information content (AvgIpc) is 2.04. The van der Waals surface area contributed by atoms with Crippen molar-refractivity contribution >= 4 is 29.2 Å². The zero-order valence-corrected chi connectivity index (χ0v) is 8.83. The van der Waals surface area contributed by atoms with Gasteiger partial charge >= 0.3 is 0 Å². The van der Waals surface area contributed by atoms with Crippen LogP contribution in [-0.2, 0) is 0 Å². The summed E-state index contributed by atoms with van der Waals surface area (Å²) in [7, 11) is 0. The van der Waals surface area contributed by atoms with E-state index in [0.29, 0.717) is 11.4 Å². The second-order valence-electron chi connectivity index (χ2n) is 2.43. The minimum absolute atomic E-state index is 0.176. The van der Waals surface area contributed by atoms with Crippen LogP contribution in [0.4, 0.5) is 5.82 Å². The maximum Gasteiger partial charge on any atom is 0.149 e. The van der Waals surface area contributed by atoms with Crippen molar-refractivity contribution in [3.8, 4) is 6.07 Å². The van der Waals surface area contributed by atoms with Crippen LogP contribution in [0.15, 0.2) is 4.90 Å². The molecule has 0 spiro atoms. The van der Waals surface area contributed by atoms with Crippen LogP contribution in [0.2, 0.25) is 5.15 Å². The molecule has 1 rings (SSSR count). The van der Waals surface area contributed by atoms with Gasteiger partial charge in [0.15, 0.2) is 0 Å². The Bertz CT molecular complexity index is 384. The molecule has 13 heavy (non-hydrogen) atoms. The summed E-state index contributed by atoms with van der Waals surface area (Å²) in [6, 6.07) is 2.00. The van der Waals surface area contributed by atoms with Crippen molar-refractivity contribution in [2.24, 2.45) is 0 Å². The summed E-state index contributed by atoms with van der Waals surface area (Å²) >= 11 is 7.20. The highest BCUT2D eigenvalue weighted by Gasteiger charge is 2.12. The Morgan fingerprint density at radius 3 is 2.69 bits per heavy atom. The van der Waals surface area contributed by atoms with Gasteiger partial charge in [-0.2, -0.15) is 5.26 Å². The van der Waals surface area contributed by atoms with Crippen LogP contribution in [0.5, 0.6) is 0 Å². The van der Waals surface area contributed by atoms with Crippen molar-refractivity contribution in [1.29, 1.82) is 5.26 Å². The molecule has 0 radical (unpaired) electrons. The number of nitrogen functional groups attached to an aromatic ring is 1. The van der Waals surface area contributed by atoms with Gasteiger partial charge in [-0.1, -0.05) is 11.6 Å². The zero-order valence-electron chi connectivity index (χ0n) is 7.26. The van der Waals surface area contributed by atoms with E-state index in [0.717, 1.165) is 10.5 Å². The molecule has 1 aromatic rings. The smallest absolute Gasteiger partial charge is 0.149 e. The number of hydrogen-bond acceptors (Lipinski definition) is 4. The van der Waals surface area contributed by atoms with Crippen LogP contribution in [0, 0.1) is 18.3 Å². The molecule has 0 aliphatic rings. The molecule has 0 unspecified atom stereocenters. The molecule has 3 nitrogen and oxygen atoms in total. The van der Waals surface area contributed by atoms with E-state index in [1.807, 2.05) is 19.2 Å². The van der Waals surface area contributed by atoms with E-state index in [2.05, 4.69) is 4.98 Å². The summed E-state index contributed by atoms with van der Waals surface area (Å²) in [5.41, 5.74) is 6.83. The van der Waals surface area contributed by atoms with E-state index < -0.39 is 0 Å². The van der Waals surface area contributed by atoms with Crippen LogP contribution in [-0.4, -0.2) is 11.2 Å². The number of rotatable bonds is 1. The summed E-state index contributed by atoms with van der Waals surface area (Å²) in [4.78, 5) is 4.70. The molecule has 0 aliphatic heterocycles. The topological polar surface area (TPSA) is 62.7 Å². The van der Waals surface area contributed by atoms with Crippen molar-refractivity contribution in [2.75, 3.05) is 12.0 Å². The Labute approximate surface area is 85.9 Å². The maximum atomic E-state index is 8.79. The molecular formula is C8H8ClN3S. The number of nitriles is 1. The third-order valence-corrected chi connectivity index (χ3v) is 2.89. The highest BCUT2D eigenvalue weighted by atomic mass is 35.5. The molecule has 0 aliphatic carbocycles. The summed E-state index contributed by atoms with van der Waals surface area (Å²) < 4.78 is 0. The largest absolute Gasteiger partial charge is 0.383 e. The monoisotopic (exact) mass is 213 g/mol. The lowest BCUT2D eigenvalue weighted by Crippen LogP contribution is -1.99. The third-order valence-electron chi connectivity index (χ3n) is 1.69. The number of hydrogen-bond donors (Lipinski definition) is 1. The van der Waals surface area contributed by atoms with E-state index in [9.17, 15) is 0 Å². The molecule has 68 valence electrons. The minimum Gasteiger partial charge on any atom is -0.383 e. The second-order valence-corrected chi connectivity index (χ2v) is 3.61. The maximum absolute atomic E-state index is 8.79. The van der Waals surface area contributed by atoms with E-state index >= 15 is 0 Å². The van der Waals surface area contributed by atoms with Gasteiger partial charge in [-0.25, -0.2) is 4.98 Å². The summed E-state index contributed by atoms with van der Waals surface area (Å²) in [6.45, 7) is 1.81. The van der Waals surface area contributed by atoms with Gasteiger partial charge in [0.05, 0.1) is 10.5 Å². The number of anilines is 1. The molecule has 2 N–H and O–H groups in total. The van der Waals surface area contributed by atoms with Gasteiger partial charge < -0.3 is 5.73 Å². The van der Waals surface area contributed by atoms with Crippen molar-refractivity contribution in [3.05, 3.63) is 16.3 Å². The first-order chi connectivity index (χ1) is 6.11. The fourth-order valence-electron chi connectivity index (χ4n) is 1.06. The first kappa shape index (κ1) is 10.2. The fourth-order valence-corrected chi connectivity index (χ4v) is 2.00. The number of pyridine rings is 1. The highest BCUT2D eigenvalue weighted by molar-refractivity contribution is 7.98. The molecule has 0 fully saturated rings. The van der Waals surface area contributed by atoms with Crippen molar-refractivity contribution in [3.63, 3.8) is 0 Å². The molecular weight excluding hydrogens is 206 g/mol. The van der Waals surface area contributed by atoms with E-state index in [1.165, 1.54) is 11.8 Å². The van der Waals surface area contributed by atoms with Gasteiger partial charge in [0, 0.05) is 0 Å². The highest BCUT2D eigenvalue weighted by Crippen LogP contribution is 2.30. The predicted octanol–water partition coefficient (Wildman–Crippen LogP) is 2.22. The lowest BCUT2D eigenvalue weighted by molar-refractivity contribution is 1.17. The summed E-state index contributed by atoms with van der Waals surface area (Å²) in [6.07, 6.45) is 1.88. The van der Waals surface area contributed by atoms with E-state index in [1.54, 1.807) is 0 Å². The average molecular weight is 214 g/mol. The van der Waals surface area contributed by atoms with E-state index in [4.69, 9.17) is 22.6 Å². The van der Waals surface area contributed by atoms with Crippen molar-refractivity contribution in [1.82, 2.24) is 4.98 Å². The molecule has 1 aromatic heterocycles. The number of aromatic nitrogens is 1. The van der Waals surface area contributed by atoms with Crippen LogP contribution < -0.4 is 5.73 Å². The molecule has 0 aromatic carbocycles. The SMILES string of the molecule is CSc1c(N)nc(Cl)c(C#N)c1C. The number of halogens is 1. The fraction of sp³-hybridized carbons (Fsp3) is 0.250. The molecule has 0 amide bonds. The molecule has 0 saturated heterocycles. The summed E-state index contributed by atoms with van der Waals surface area (Å²) in [5, 5.41) is 8.96. The Morgan fingerprint density at radius 2 is 2.23 bits per heavy atom. The second kappa shape index (κ2) is 3.86. The number of nitrogens with zero attached hydrogens (tertiary/aromatic N) is 2. The molecule has 5 heteroatoms. The van der Waals surface area contributed by atoms with Gasteiger partial charge in [-0.05, 0) is 18.7 Å². The van der Waals surface area contributed by atoms with Crippen LogP contribution in [0.1, 0.15) is 11.1 Å². The van der Waals surface area contributed by atoms with Crippen LogP contribution in [0.3, 0.4) is 0 Å². The molecule has 1 heterocycles. The van der Waals surface area contributed by atoms with Gasteiger partial charge in [0.25, 0.3) is 0 Å². The first-order valence-corrected chi connectivity index (χ1v) is 5.11. The van der Waals surface area contributed by atoms with Crippen molar-refractivity contribution in [2.45, 2.75) is 11.8 Å². The number of thioether (sulfide) groups is 1. The Kier molecular flexibility index (Phi) is 3.02. The van der Waals surface area contributed by atoms with Crippen molar-refractivity contribution < 1.29 is 0 Å². The Morgan fingerprint density at radius 1 is 1.62 bits per heavy atom. The normalized spacial score (nSPS) is 9.69. The Balaban J connectivity index is 3.51. The minimum atomic E-state index is 0.176.